The average molecular weight is 440 g/mol. The molecule has 31 heavy (non-hydrogen) atoms. The lowest BCUT2D eigenvalue weighted by molar-refractivity contribution is -0.384. The number of nitrogens with one attached hydrogen (secondary N) is 1. The van der Waals surface area contributed by atoms with E-state index in [0.29, 0.717) is 37.9 Å². The van der Waals surface area contributed by atoms with Crippen molar-refractivity contribution < 1.29 is 27.3 Å². The standard InChI is InChI=1S/C20H20F4N4O3/c1-13(19(29)25-16-4-2-3-15(21)12-16)26-7-9-27(10-8-26)17-6-5-14(20(22,23)24)11-18(17)28(30)31/h2-6,11-13H,7-10H2,1H3,(H,25,29). The predicted octanol–water partition coefficient (Wildman–Crippen LogP) is 3.90. The summed E-state index contributed by atoms with van der Waals surface area (Å²) in [5.74, 6) is -0.809. The molecule has 1 heterocycles. The molecule has 1 saturated heterocycles. The van der Waals surface area contributed by atoms with E-state index in [1.54, 1.807) is 17.9 Å². The highest BCUT2D eigenvalue weighted by atomic mass is 19.4. The number of rotatable bonds is 5. The Hall–Kier alpha value is -3.21. The molecule has 0 saturated carbocycles. The van der Waals surface area contributed by atoms with Gasteiger partial charge < -0.3 is 10.2 Å². The van der Waals surface area contributed by atoms with Gasteiger partial charge in [-0.2, -0.15) is 13.2 Å². The first kappa shape index (κ1) is 22.5. The van der Waals surface area contributed by atoms with Gasteiger partial charge in [-0.05, 0) is 37.3 Å². The fraction of sp³-hybridized carbons (Fsp3) is 0.350. The number of benzene rings is 2. The van der Waals surface area contributed by atoms with Crippen molar-refractivity contribution in [2.24, 2.45) is 0 Å². The van der Waals surface area contributed by atoms with E-state index in [0.717, 1.165) is 12.1 Å². The Morgan fingerprint density at radius 3 is 2.39 bits per heavy atom. The van der Waals surface area contributed by atoms with Crippen molar-refractivity contribution in [1.82, 2.24) is 4.90 Å². The number of anilines is 2. The first-order chi connectivity index (χ1) is 14.6. The van der Waals surface area contributed by atoms with Crippen LogP contribution in [0.4, 0.5) is 34.6 Å². The Bertz CT molecular complexity index is 975. The summed E-state index contributed by atoms with van der Waals surface area (Å²) in [6.45, 7) is 3.02. The molecule has 166 valence electrons. The quantitative estimate of drug-likeness (QED) is 0.434. The van der Waals surface area contributed by atoms with Crippen LogP contribution < -0.4 is 10.2 Å². The van der Waals surface area contributed by atoms with Gasteiger partial charge in [0.15, 0.2) is 0 Å². The summed E-state index contributed by atoms with van der Waals surface area (Å²) in [5, 5.41) is 14.0. The maximum atomic E-state index is 13.3. The Morgan fingerprint density at radius 2 is 1.81 bits per heavy atom. The molecule has 2 aromatic rings. The first-order valence-electron chi connectivity index (χ1n) is 9.47. The molecular formula is C20H20F4N4O3. The lowest BCUT2D eigenvalue weighted by Gasteiger charge is -2.38. The van der Waals surface area contributed by atoms with Crippen LogP contribution in [-0.4, -0.2) is 48.0 Å². The molecule has 0 aliphatic carbocycles. The molecule has 3 rings (SSSR count). The number of nitro groups is 1. The highest BCUT2D eigenvalue weighted by Gasteiger charge is 2.34. The van der Waals surface area contributed by atoms with Crippen LogP contribution in [0.2, 0.25) is 0 Å². The zero-order valence-electron chi connectivity index (χ0n) is 16.5. The predicted molar refractivity (Wildman–Crippen MR) is 106 cm³/mol. The highest BCUT2D eigenvalue weighted by molar-refractivity contribution is 5.94. The van der Waals surface area contributed by atoms with Crippen LogP contribution in [-0.2, 0) is 11.0 Å². The van der Waals surface area contributed by atoms with Crippen molar-refractivity contribution in [2.45, 2.75) is 19.1 Å². The minimum absolute atomic E-state index is 0.106. The molecule has 0 spiro atoms. The van der Waals surface area contributed by atoms with Gasteiger partial charge in [-0.25, -0.2) is 4.39 Å². The van der Waals surface area contributed by atoms with E-state index in [1.807, 2.05) is 4.90 Å². The van der Waals surface area contributed by atoms with Gasteiger partial charge in [0.1, 0.15) is 11.5 Å². The van der Waals surface area contributed by atoms with E-state index in [4.69, 9.17) is 0 Å². The second-order valence-electron chi connectivity index (χ2n) is 7.16. The number of piperazine rings is 1. The Morgan fingerprint density at radius 1 is 1.13 bits per heavy atom. The van der Waals surface area contributed by atoms with Crippen molar-refractivity contribution in [1.29, 1.82) is 0 Å². The fourth-order valence-corrected chi connectivity index (χ4v) is 3.44. The highest BCUT2D eigenvalue weighted by Crippen LogP contribution is 2.36. The number of alkyl halides is 3. The molecule has 0 bridgehead atoms. The van der Waals surface area contributed by atoms with Crippen molar-refractivity contribution in [3.8, 4) is 0 Å². The molecule has 1 aliphatic heterocycles. The van der Waals surface area contributed by atoms with Crippen molar-refractivity contribution in [3.05, 3.63) is 64.0 Å². The minimum atomic E-state index is -4.67. The molecule has 7 nitrogen and oxygen atoms in total. The lowest BCUT2D eigenvalue weighted by atomic mass is 10.1. The van der Waals surface area contributed by atoms with Crippen molar-refractivity contribution >= 4 is 23.0 Å². The van der Waals surface area contributed by atoms with E-state index in [1.165, 1.54) is 18.2 Å². The second-order valence-corrected chi connectivity index (χ2v) is 7.16. The molecule has 1 atom stereocenters. The van der Waals surface area contributed by atoms with Gasteiger partial charge in [0.25, 0.3) is 5.69 Å². The van der Waals surface area contributed by atoms with Crippen LogP contribution in [0.15, 0.2) is 42.5 Å². The van der Waals surface area contributed by atoms with Crippen LogP contribution in [0.25, 0.3) is 0 Å². The molecule has 0 radical (unpaired) electrons. The van der Waals surface area contributed by atoms with E-state index >= 15 is 0 Å². The second kappa shape index (κ2) is 8.88. The van der Waals surface area contributed by atoms with Crippen molar-refractivity contribution in [2.75, 3.05) is 36.4 Å². The summed E-state index contributed by atoms with van der Waals surface area (Å²) >= 11 is 0. The Balaban J connectivity index is 1.66. The van der Waals surface area contributed by atoms with Crippen LogP contribution in [0.5, 0.6) is 0 Å². The Kier molecular flexibility index (Phi) is 6.44. The number of halogens is 4. The number of hydrogen-bond acceptors (Lipinski definition) is 5. The third-order valence-electron chi connectivity index (χ3n) is 5.17. The van der Waals surface area contributed by atoms with E-state index in [9.17, 15) is 32.5 Å². The topological polar surface area (TPSA) is 78.7 Å². The number of amides is 1. The largest absolute Gasteiger partial charge is 0.416 e. The first-order valence-corrected chi connectivity index (χ1v) is 9.47. The molecule has 1 fully saturated rings. The molecule has 2 aromatic carbocycles. The van der Waals surface area contributed by atoms with E-state index in [2.05, 4.69) is 5.32 Å². The maximum absolute atomic E-state index is 13.3. The van der Waals surface area contributed by atoms with E-state index < -0.39 is 34.2 Å². The molecule has 1 unspecified atom stereocenters. The smallest absolute Gasteiger partial charge is 0.363 e. The van der Waals surface area contributed by atoms with Gasteiger partial charge in [-0.3, -0.25) is 19.8 Å². The minimum Gasteiger partial charge on any atom is -0.363 e. The van der Waals surface area contributed by atoms with Crippen LogP contribution in [0, 0.1) is 15.9 Å². The number of carbonyl (C=O) groups excluding carboxylic acids is 1. The molecule has 11 heteroatoms. The Labute approximate surface area is 175 Å². The number of nitrogens with zero attached hydrogens (tertiary/aromatic N) is 3. The number of nitro benzene ring substituents is 1. The number of carbonyl (C=O) groups is 1. The number of hydrogen-bond donors (Lipinski definition) is 1. The molecule has 1 N–H and O–H groups in total. The molecule has 1 amide bonds. The normalized spacial score (nSPS) is 16.1. The summed E-state index contributed by atoms with van der Waals surface area (Å²) in [7, 11) is 0. The zero-order chi connectivity index (χ0) is 22.8. The van der Waals surface area contributed by atoms with E-state index in [-0.39, 0.29) is 11.6 Å². The van der Waals surface area contributed by atoms with Crippen LogP contribution in [0.1, 0.15) is 12.5 Å². The summed E-state index contributed by atoms with van der Waals surface area (Å²) in [5.41, 5.74) is -1.25. The maximum Gasteiger partial charge on any atom is 0.416 e. The van der Waals surface area contributed by atoms with Gasteiger partial charge >= 0.3 is 6.18 Å². The van der Waals surface area contributed by atoms with Gasteiger partial charge in [0.05, 0.1) is 16.5 Å². The third-order valence-corrected chi connectivity index (χ3v) is 5.17. The molecule has 0 aromatic heterocycles. The summed E-state index contributed by atoms with van der Waals surface area (Å²) < 4.78 is 52.0. The molecule has 1 aliphatic rings. The van der Waals surface area contributed by atoms with Crippen molar-refractivity contribution in [3.63, 3.8) is 0 Å². The summed E-state index contributed by atoms with van der Waals surface area (Å²) in [4.78, 5) is 26.4. The van der Waals surface area contributed by atoms with Crippen LogP contribution in [0.3, 0.4) is 0 Å². The lowest BCUT2D eigenvalue weighted by Crippen LogP contribution is -2.53. The van der Waals surface area contributed by atoms with Crippen LogP contribution >= 0.6 is 0 Å². The van der Waals surface area contributed by atoms with Gasteiger partial charge in [-0.15, -0.1) is 0 Å². The fourth-order valence-electron chi connectivity index (χ4n) is 3.44. The molecular weight excluding hydrogens is 420 g/mol. The monoisotopic (exact) mass is 440 g/mol. The zero-order valence-corrected chi connectivity index (χ0v) is 16.5. The van der Waals surface area contributed by atoms with Gasteiger partial charge in [0, 0.05) is 37.9 Å². The van der Waals surface area contributed by atoms with Gasteiger partial charge in [0.2, 0.25) is 5.91 Å². The summed E-state index contributed by atoms with van der Waals surface area (Å²) in [6.07, 6.45) is -4.67. The summed E-state index contributed by atoms with van der Waals surface area (Å²) in [6, 6.07) is 7.43. The SMILES string of the molecule is CC(C(=O)Nc1cccc(F)c1)N1CCN(c2ccc(C(F)(F)F)cc2[N+](=O)[O-])CC1. The van der Waals surface area contributed by atoms with Gasteiger partial charge in [-0.1, -0.05) is 6.07 Å². The third kappa shape index (κ3) is 5.29. The average Bonchev–Trinajstić information content (AvgIpc) is 2.72.